The fourth-order valence-electron chi connectivity index (χ4n) is 1.12. The van der Waals surface area contributed by atoms with Gasteiger partial charge in [-0.2, -0.15) is 0 Å². The largest absolute Gasteiger partial charge is 0.465 e. The Hall–Kier alpha value is -0.810. The van der Waals surface area contributed by atoms with Crippen LogP contribution in [0.4, 0.5) is 4.79 Å². The average molecular weight is 174 g/mol. The van der Waals surface area contributed by atoms with Crippen LogP contribution in [0, 0.1) is 0 Å². The summed E-state index contributed by atoms with van der Waals surface area (Å²) in [6, 6.07) is 0. The van der Waals surface area contributed by atoms with E-state index in [1.165, 1.54) is 4.90 Å². The van der Waals surface area contributed by atoms with Crippen LogP contribution in [0.1, 0.15) is 0 Å². The molecule has 0 aromatic carbocycles. The summed E-state index contributed by atoms with van der Waals surface area (Å²) < 4.78 is 5.33. The van der Waals surface area contributed by atoms with E-state index in [1.807, 2.05) is 0 Å². The van der Waals surface area contributed by atoms with E-state index in [1.54, 1.807) is 7.05 Å². The van der Waals surface area contributed by atoms with Gasteiger partial charge in [0.2, 0.25) is 0 Å². The third kappa shape index (κ3) is 2.67. The molecule has 5 heteroatoms. The van der Waals surface area contributed by atoms with Crippen molar-refractivity contribution in [2.24, 2.45) is 0 Å². The Balaban J connectivity index is 2.24. The standard InChI is InChI=1S/C7H14N2O3/c1-9(7(10)11)5-6-4-8-2-3-12-6/h6,8H,2-5H2,1H3,(H,10,11). The van der Waals surface area contributed by atoms with Crippen LogP contribution in [0.2, 0.25) is 0 Å². The molecule has 1 saturated heterocycles. The predicted octanol–water partition coefficient (Wildman–Crippen LogP) is -0.415. The number of nitrogens with one attached hydrogen (secondary N) is 1. The molecule has 2 N–H and O–H groups in total. The second kappa shape index (κ2) is 4.27. The van der Waals surface area contributed by atoms with Gasteiger partial charge in [-0.3, -0.25) is 0 Å². The van der Waals surface area contributed by atoms with Gasteiger partial charge in [0.25, 0.3) is 0 Å². The van der Waals surface area contributed by atoms with Crippen molar-refractivity contribution in [3.05, 3.63) is 0 Å². The number of morpholine rings is 1. The summed E-state index contributed by atoms with van der Waals surface area (Å²) in [5.74, 6) is 0. The summed E-state index contributed by atoms with van der Waals surface area (Å²) in [7, 11) is 1.54. The third-order valence-corrected chi connectivity index (χ3v) is 1.81. The molecule has 5 nitrogen and oxygen atoms in total. The van der Waals surface area contributed by atoms with E-state index in [4.69, 9.17) is 9.84 Å². The van der Waals surface area contributed by atoms with Gasteiger partial charge in [0.1, 0.15) is 0 Å². The fraction of sp³-hybridized carbons (Fsp3) is 0.857. The van der Waals surface area contributed by atoms with Gasteiger partial charge in [0.05, 0.1) is 19.3 Å². The minimum absolute atomic E-state index is 0.000139. The van der Waals surface area contributed by atoms with E-state index in [2.05, 4.69) is 5.32 Å². The zero-order valence-electron chi connectivity index (χ0n) is 7.12. The van der Waals surface area contributed by atoms with Gasteiger partial charge in [-0.15, -0.1) is 0 Å². The molecule has 0 radical (unpaired) electrons. The van der Waals surface area contributed by atoms with Gasteiger partial charge in [-0.25, -0.2) is 4.79 Å². The molecule has 0 aliphatic carbocycles. The highest BCUT2D eigenvalue weighted by Crippen LogP contribution is 1.98. The molecule has 70 valence electrons. The highest BCUT2D eigenvalue weighted by Gasteiger charge is 2.17. The summed E-state index contributed by atoms with van der Waals surface area (Å²) in [6.07, 6.45) is -0.913. The van der Waals surface area contributed by atoms with E-state index >= 15 is 0 Å². The fourth-order valence-corrected chi connectivity index (χ4v) is 1.12. The zero-order chi connectivity index (χ0) is 8.97. The minimum atomic E-state index is -0.913. The summed E-state index contributed by atoms with van der Waals surface area (Å²) in [4.78, 5) is 11.7. The van der Waals surface area contributed by atoms with Gasteiger partial charge >= 0.3 is 6.09 Å². The van der Waals surface area contributed by atoms with Gasteiger partial charge in [-0.1, -0.05) is 0 Å². The lowest BCUT2D eigenvalue weighted by molar-refractivity contribution is 0.0117. The van der Waals surface area contributed by atoms with Crippen molar-refractivity contribution in [1.29, 1.82) is 0 Å². The highest BCUT2D eigenvalue weighted by atomic mass is 16.5. The first kappa shape index (κ1) is 9.28. The quantitative estimate of drug-likeness (QED) is 0.597. The van der Waals surface area contributed by atoms with Crippen LogP contribution in [-0.2, 0) is 4.74 Å². The van der Waals surface area contributed by atoms with Gasteiger partial charge in [0.15, 0.2) is 0 Å². The first-order valence-corrected chi connectivity index (χ1v) is 3.96. The second-order valence-electron chi connectivity index (χ2n) is 2.86. The van der Waals surface area contributed by atoms with Crippen LogP contribution in [0.25, 0.3) is 0 Å². The lowest BCUT2D eigenvalue weighted by atomic mass is 10.3. The molecular weight excluding hydrogens is 160 g/mol. The van der Waals surface area contributed by atoms with Crippen LogP contribution in [0.15, 0.2) is 0 Å². The monoisotopic (exact) mass is 174 g/mol. The molecular formula is C7H14N2O3. The van der Waals surface area contributed by atoms with Crippen molar-refractivity contribution >= 4 is 6.09 Å². The Labute approximate surface area is 71.3 Å². The van der Waals surface area contributed by atoms with Crippen molar-refractivity contribution in [2.45, 2.75) is 6.10 Å². The highest BCUT2D eigenvalue weighted by molar-refractivity contribution is 5.64. The van der Waals surface area contributed by atoms with Crippen LogP contribution < -0.4 is 5.32 Å². The topological polar surface area (TPSA) is 61.8 Å². The number of carboxylic acid groups (broad SMARTS) is 1. The van der Waals surface area contributed by atoms with Gasteiger partial charge < -0.3 is 20.1 Å². The Morgan fingerprint density at radius 2 is 2.58 bits per heavy atom. The van der Waals surface area contributed by atoms with E-state index in [9.17, 15) is 4.79 Å². The molecule has 1 unspecified atom stereocenters. The van der Waals surface area contributed by atoms with E-state index in [0.717, 1.165) is 13.1 Å². The van der Waals surface area contributed by atoms with Crippen LogP contribution >= 0.6 is 0 Å². The maximum absolute atomic E-state index is 10.4. The Morgan fingerprint density at radius 1 is 1.83 bits per heavy atom. The first-order chi connectivity index (χ1) is 5.70. The molecule has 12 heavy (non-hydrogen) atoms. The molecule has 0 aromatic rings. The molecule has 0 aromatic heterocycles. The minimum Gasteiger partial charge on any atom is -0.465 e. The zero-order valence-corrected chi connectivity index (χ0v) is 7.12. The molecule has 1 atom stereocenters. The molecule has 1 aliphatic heterocycles. The molecule has 1 rings (SSSR count). The molecule has 0 saturated carbocycles. The summed E-state index contributed by atoms with van der Waals surface area (Å²) in [5, 5.41) is 11.7. The smallest absolute Gasteiger partial charge is 0.407 e. The summed E-state index contributed by atoms with van der Waals surface area (Å²) >= 11 is 0. The summed E-state index contributed by atoms with van der Waals surface area (Å²) in [6.45, 7) is 2.69. The number of nitrogens with zero attached hydrogens (tertiary/aromatic N) is 1. The lowest BCUT2D eigenvalue weighted by Gasteiger charge is -2.26. The molecule has 0 spiro atoms. The Morgan fingerprint density at radius 3 is 3.08 bits per heavy atom. The number of hydrogen-bond acceptors (Lipinski definition) is 3. The van der Waals surface area contributed by atoms with Crippen molar-refractivity contribution < 1.29 is 14.6 Å². The van der Waals surface area contributed by atoms with E-state index in [-0.39, 0.29) is 6.10 Å². The molecule has 0 bridgehead atoms. The number of hydrogen-bond donors (Lipinski definition) is 2. The third-order valence-electron chi connectivity index (χ3n) is 1.81. The maximum atomic E-state index is 10.4. The van der Waals surface area contributed by atoms with Crippen LogP contribution in [-0.4, -0.2) is 55.5 Å². The van der Waals surface area contributed by atoms with E-state index < -0.39 is 6.09 Å². The lowest BCUT2D eigenvalue weighted by Crippen LogP contribution is -2.45. The number of likely N-dealkylation sites (N-methyl/N-ethyl adjacent to an activating group) is 1. The van der Waals surface area contributed by atoms with E-state index in [0.29, 0.717) is 13.2 Å². The average Bonchev–Trinajstić information content (AvgIpc) is 2.06. The van der Waals surface area contributed by atoms with Crippen molar-refractivity contribution in [2.75, 3.05) is 33.3 Å². The predicted molar refractivity (Wildman–Crippen MR) is 43.3 cm³/mol. The normalized spacial score (nSPS) is 23.6. The van der Waals surface area contributed by atoms with Gasteiger partial charge in [0, 0.05) is 20.1 Å². The molecule has 1 heterocycles. The number of carbonyl (C=O) groups is 1. The maximum Gasteiger partial charge on any atom is 0.407 e. The van der Waals surface area contributed by atoms with Crippen molar-refractivity contribution in [3.8, 4) is 0 Å². The van der Waals surface area contributed by atoms with Crippen LogP contribution in [0.3, 0.4) is 0 Å². The first-order valence-electron chi connectivity index (χ1n) is 3.96. The molecule has 1 fully saturated rings. The van der Waals surface area contributed by atoms with Crippen molar-refractivity contribution in [3.63, 3.8) is 0 Å². The molecule has 1 aliphatic rings. The molecule has 1 amide bonds. The van der Waals surface area contributed by atoms with Gasteiger partial charge in [-0.05, 0) is 0 Å². The summed E-state index contributed by atoms with van der Waals surface area (Å²) in [5.41, 5.74) is 0. The van der Waals surface area contributed by atoms with Crippen LogP contribution in [0.5, 0.6) is 0 Å². The second-order valence-corrected chi connectivity index (χ2v) is 2.86. The van der Waals surface area contributed by atoms with Crippen molar-refractivity contribution in [1.82, 2.24) is 10.2 Å². The Kier molecular flexibility index (Phi) is 3.31. The number of rotatable bonds is 2. The Bertz CT molecular complexity index is 157. The number of amides is 1. The SMILES string of the molecule is CN(CC1CNCCO1)C(=O)O. The number of ether oxygens (including phenoxy) is 1.